The van der Waals surface area contributed by atoms with Crippen LogP contribution in [0.5, 0.6) is 0 Å². The Labute approximate surface area is 128 Å². The Morgan fingerprint density at radius 2 is 2.10 bits per heavy atom. The highest BCUT2D eigenvalue weighted by Gasteiger charge is 2.20. The lowest BCUT2D eigenvalue weighted by atomic mass is 10.3. The van der Waals surface area contributed by atoms with Crippen LogP contribution in [0.25, 0.3) is 0 Å². The number of nitrogens with one attached hydrogen (secondary N) is 1. The number of aliphatic hydroxyl groups excluding tert-OH is 1. The van der Waals surface area contributed by atoms with Crippen molar-refractivity contribution < 1.29 is 17.9 Å². The lowest BCUT2D eigenvalue weighted by Gasteiger charge is -2.08. The second-order valence-electron chi connectivity index (χ2n) is 4.03. The molecular weight excluding hydrogens is 369 g/mol. The van der Waals surface area contributed by atoms with Crippen molar-refractivity contribution in [2.24, 2.45) is 0 Å². The first-order valence-electron chi connectivity index (χ1n) is 5.51. The number of anilines is 1. The number of aryl methyl sites for hydroxylation is 1. The van der Waals surface area contributed by atoms with Gasteiger partial charge in [0.15, 0.2) is 0 Å². The third-order valence-corrected chi connectivity index (χ3v) is 5.82. The molecule has 0 fully saturated rings. The smallest absolute Gasteiger partial charge is 0.263 e. The van der Waals surface area contributed by atoms with Gasteiger partial charge >= 0.3 is 0 Å². The number of benzene rings is 1. The zero-order valence-corrected chi connectivity index (χ0v) is 13.6. The highest BCUT2D eigenvalue weighted by Crippen LogP contribution is 2.28. The van der Waals surface area contributed by atoms with Crippen molar-refractivity contribution in [1.29, 1.82) is 0 Å². The van der Waals surface area contributed by atoms with Gasteiger partial charge in [-0.2, -0.15) is 0 Å². The fraction of sp³-hybridized carbons (Fsp3) is 0.167. The van der Waals surface area contributed by atoms with E-state index in [-0.39, 0.29) is 21.7 Å². The van der Waals surface area contributed by atoms with E-state index in [9.17, 15) is 12.8 Å². The molecular formula is C12H11BrFNO3S2. The molecule has 108 valence electrons. The summed E-state index contributed by atoms with van der Waals surface area (Å²) in [6, 6.07) is 5.29. The summed E-state index contributed by atoms with van der Waals surface area (Å²) >= 11 is 4.22. The number of hydrogen-bond donors (Lipinski definition) is 2. The van der Waals surface area contributed by atoms with E-state index in [1.165, 1.54) is 35.6 Å². The van der Waals surface area contributed by atoms with Crippen LogP contribution in [0.1, 0.15) is 9.75 Å². The van der Waals surface area contributed by atoms with Gasteiger partial charge in [-0.25, -0.2) is 12.8 Å². The largest absolute Gasteiger partial charge is 0.391 e. The van der Waals surface area contributed by atoms with Gasteiger partial charge in [0.05, 0.1) is 16.8 Å². The van der Waals surface area contributed by atoms with Crippen molar-refractivity contribution in [2.75, 3.05) is 4.72 Å². The molecule has 20 heavy (non-hydrogen) atoms. The molecule has 0 saturated carbocycles. The minimum atomic E-state index is -3.76. The number of thiophene rings is 1. The van der Waals surface area contributed by atoms with Crippen LogP contribution in [0.15, 0.2) is 33.6 Å². The molecule has 0 unspecified atom stereocenters. The van der Waals surface area contributed by atoms with E-state index in [2.05, 4.69) is 20.7 Å². The second kappa shape index (κ2) is 5.80. The highest BCUT2D eigenvalue weighted by atomic mass is 79.9. The van der Waals surface area contributed by atoms with Crippen molar-refractivity contribution in [3.05, 3.63) is 44.3 Å². The Hall–Kier alpha value is -0.960. The fourth-order valence-electron chi connectivity index (χ4n) is 1.64. The van der Waals surface area contributed by atoms with E-state index in [0.717, 1.165) is 0 Å². The Bertz CT molecular complexity index is 743. The molecule has 0 radical (unpaired) electrons. The van der Waals surface area contributed by atoms with Crippen molar-refractivity contribution in [1.82, 2.24) is 0 Å². The van der Waals surface area contributed by atoms with Gasteiger partial charge in [0.1, 0.15) is 10.7 Å². The molecule has 0 spiro atoms. The summed E-state index contributed by atoms with van der Waals surface area (Å²) in [6.07, 6.45) is 0. The predicted molar refractivity (Wildman–Crippen MR) is 79.9 cm³/mol. The maximum Gasteiger partial charge on any atom is 0.263 e. The van der Waals surface area contributed by atoms with E-state index < -0.39 is 15.8 Å². The van der Waals surface area contributed by atoms with E-state index in [1.54, 1.807) is 6.92 Å². The predicted octanol–water partition coefficient (Wildman–Crippen LogP) is 3.25. The van der Waals surface area contributed by atoms with Crippen LogP contribution in [0.4, 0.5) is 10.1 Å². The Morgan fingerprint density at radius 1 is 1.40 bits per heavy atom. The van der Waals surface area contributed by atoms with Crippen LogP contribution in [0.2, 0.25) is 0 Å². The number of halogens is 2. The first kappa shape index (κ1) is 15.4. The lowest BCUT2D eigenvalue weighted by molar-refractivity contribution is 0.285. The van der Waals surface area contributed by atoms with Gasteiger partial charge in [0.25, 0.3) is 10.0 Å². The summed E-state index contributed by atoms with van der Waals surface area (Å²) in [7, 11) is -3.76. The quantitative estimate of drug-likeness (QED) is 0.856. The molecule has 0 atom stereocenters. The Balaban J connectivity index is 2.35. The van der Waals surface area contributed by atoms with Crippen LogP contribution < -0.4 is 4.72 Å². The van der Waals surface area contributed by atoms with Crippen molar-refractivity contribution in [3.8, 4) is 0 Å². The van der Waals surface area contributed by atoms with Gasteiger partial charge in [-0.05, 0) is 47.1 Å². The molecule has 0 aliphatic heterocycles. The summed E-state index contributed by atoms with van der Waals surface area (Å²) in [5.41, 5.74) is 0.259. The molecule has 2 rings (SSSR count). The van der Waals surface area contributed by atoms with E-state index in [0.29, 0.717) is 9.75 Å². The van der Waals surface area contributed by atoms with Crippen LogP contribution in [0, 0.1) is 12.7 Å². The topological polar surface area (TPSA) is 66.4 Å². The van der Waals surface area contributed by atoms with Gasteiger partial charge in [0.2, 0.25) is 0 Å². The van der Waals surface area contributed by atoms with Gasteiger partial charge in [-0.1, -0.05) is 0 Å². The molecule has 2 aromatic rings. The molecule has 1 heterocycles. The minimum Gasteiger partial charge on any atom is -0.391 e. The minimum absolute atomic E-state index is 0.118. The first-order chi connectivity index (χ1) is 9.33. The van der Waals surface area contributed by atoms with Gasteiger partial charge in [-0.3, -0.25) is 4.72 Å². The Morgan fingerprint density at radius 3 is 2.65 bits per heavy atom. The average Bonchev–Trinajstić information content (AvgIpc) is 2.76. The van der Waals surface area contributed by atoms with Crippen LogP contribution in [-0.4, -0.2) is 13.5 Å². The summed E-state index contributed by atoms with van der Waals surface area (Å²) in [4.78, 5) is 1.28. The molecule has 2 N–H and O–H groups in total. The SMILES string of the molecule is Cc1sc(CO)cc1S(=O)(=O)Nc1ccc(F)c(Br)c1. The fourth-order valence-corrected chi connectivity index (χ4v) is 4.56. The molecule has 4 nitrogen and oxygen atoms in total. The summed E-state index contributed by atoms with van der Waals surface area (Å²) in [5.74, 6) is -0.470. The third kappa shape index (κ3) is 3.20. The third-order valence-electron chi connectivity index (χ3n) is 2.54. The number of aliphatic hydroxyl groups is 1. The second-order valence-corrected chi connectivity index (χ2v) is 7.87. The highest BCUT2D eigenvalue weighted by molar-refractivity contribution is 9.10. The van der Waals surface area contributed by atoms with Crippen molar-refractivity contribution in [3.63, 3.8) is 0 Å². The number of hydrogen-bond acceptors (Lipinski definition) is 4. The molecule has 1 aromatic carbocycles. The van der Waals surface area contributed by atoms with Crippen molar-refractivity contribution in [2.45, 2.75) is 18.4 Å². The van der Waals surface area contributed by atoms with Gasteiger partial charge in [-0.15, -0.1) is 11.3 Å². The number of rotatable bonds is 4. The van der Waals surface area contributed by atoms with Crippen LogP contribution in [0.3, 0.4) is 0 Å². The zero-order chi connectivity index (χ0) is 14.9. The van der Waals surface area contributed by atoms with Crippen LogP contribution >= 0.6 is 27.3 Å². The van der Waals surface area contributed by atoms with E-state index >= 15 is 0 Å². The molecule has 0 aliphatic carbocycles. The maximum absolute atomic E-state index is 13.1. The molecule has 0 aliphatic rings. The first-order valence-corrected chi connectivity index (χ1v) is 8.61. The molecule has 0 saturated heterocycles. The zero-order valence-electron chi connectivity index (χ0n) is 10.4. The average molecular weight is 380 g/mol. The molecule has 8 heteroatoms. The van der Waals surface area contributed by atoms with Crippen molar-refractivity contribution >= 4 is 43.0 Å². The normalized spacial score (nSPS) is 11.6. The lowest BCUT2D eigenvalue weighted by Crippen LogP contribution is -2.13. The van der Waals surface area contributed by atoms with Crippen LogP contribution in [-0.2, 0) is 16.6 Å². The van der Waals surface area contributed by atoms with E-state index in [1.807, 2.05) is 0 Å². The maximum atomic E-state index is 13.1. The molecule has 0 bridgehead atoms. The molecule has 1 aromatic heterocycles. The van der Waals surface area contributed by atoms with Gasteiger partial charge < -0.3 is 5.11 Å². The summed E-state index contributed by atoms with van der Waals surface area (Å²) in [6.45, 7) is 1.46. The van der Waals surface area contributed by atoms with Gasteiger partial charge in [0, 0.05) is 9.75 Å². The summed E-state index contributed by atoms with van der Waals surface area (Å²) in [5, 5.41) is 9.05. The standard InChI is InChI=1S/C12H11BrFNO3S2/c1-7-12(5-9(6-16)19-7)20(17,18)15-8-2-3-11(14)10(13)4-8/h2-5,15-16H,6H2,1H3. The number of sulfonamides is 1. The monoisotopic (exact) mass is 379 g/mol. The van der Waals surface area contributed by atoms with E-state index in [4.69, 9.17) is 5.11 Å². The molecule has 0 amide bonds. The summed E-state index contributed by atoms with van der Waals surface area (Å²) < 4.78 is 40.2. The Kier molecular flexibility index (Phi) is 4.48.